The van der Waals surface area contributed by atoms with Crippen molar-refractivity contribution in [2.24, 2.45) is 4.99 Å². The lowest BCUT2D eigenvalue weighted by Gasteiger charge is -2.19. The van der Waals surface area contributed by atoms with Crippen molar-refractivity contribution in [3.05, 3.63) is 59.4 Å². The van der Waals surface area contributed by atoms with Crippen LogP contribution in [0.1, 0.15) is 18.1 Å². The van der Waals surface area contributed by atoms with E-state index in [-0.39, 0.29) is 24.6 Å². The van der Waals surface area contributed by atoms with Gasteiger partial charge in [0.2, 0.25) is 5.91 Å². The maximum absolute atomic E-state index is 14.4. The number of carbonyl (C=O) groups excluding carboxylic acids is 2. The van der Waals surface area contributed by atoms with Crippen molar-refractivity contribution < 1.29 is 19.1 Å². The van der Waals surface area contributed by atoms with Crippen LogP contribution in [0.25, 0.3) is 0 Å². The quantitative estimate of drug-likeness (QED) is 0.754. The van der Waals surface area contributed by atoms with Gasteiger partial charge in [0.05, 0.1) is 24.0 Å². The number of hydrogen-bond acceptors (Lipinski definition) is 4. The van der Waals surface area contributed by atoms with E-state index < -0.39 is 17.9 Å². The lowest BCUT2D eigenvalue weighted by Crippen LogP contribution is -2.38. The molecule has 2 aromatic rings. The molecule has 0 fully saturated rings. The van der Waals surface area contributed by atoms with Gasteiger partial charge < -0.3 is 20.6 Å². The molecule has 1 heterocycles. The largest absolute Gasteiger partial charge is 0.394 e. The zero-order valence-corrected chi connectivity index (χ0v) is 15.6. The Hall–Kier alpha value is -3.26. The van der Waals surface area contributed by atoms with Crippen molar-refractivity contribution in [2.45, 2.75) is 13.0 Å². The molecular formula is C20H21FN4O3. The second kappa shape index (κ2) is 8.18. The Morgan fingerprint density at radius 1 is 1.29 bits per heavy atom. The Kier molecular flexibility index (Phi) is 5.70. The molecule has 0 radical (unpaired) electrons. The number of hydrogen-bond donors (Lipinski definition) is 3. The summed E-state index contributed by atoms with van der Waals surface area (Å²) >= 11 is 0. The van der Waals surface area contributed by atoms with Crippen LogP contribution in [0.5, 0.6) is 0 Å². The van der Waals surface area contributed by atoms with E-state index in [1.165, 1.54) is 11.0 Å². The molecule has 3 rings (SSSR count). The second-order valence-corrected chi connectivity index (χ2v) is 6.51. The summed E-state index contributed by atoms with van der Waals surface area (Å²) in [4.78, 5) is 30.1. The molecule has 1 aliphatic rings. The third-order valence-electron chi connectivity index (χ3n) is 4.40. The summed E-state index contributed by atoms with van der Waals surface area (Å²) in [7, 11) is 1.63. The number of amides is 3. The van der Waals surface area contributed by atoms with Crippen molar-refractivity contribution in [1.29, 1.82) is 0 Å². The number of nitrogens with one attached hydrogen (secondary N) is 2. The Morgan fingerprint density at radius 3 is 2.75 bits per heavy atom. The van der Waals surface area contributed by atoms with Crippen LogP contribution in [-0.2, 0) is 4.79 Å². The van der Waals surface area contributed by atoms with Crippen LogP contribution in [0.3, 0.4) is 0 Å². The van der Waals surface area contributed by atoms with Gasteiger partial charge in [-0.05, 0) is 37.3 Å². The van der Waals surface area contributed by atoms with E-state index in [0.29, 0.717) is 22.6 Å². The van der Waals surface area contributed by atoms with Crippen LogP contribution < -0.4 is 15.5 Å². The van der Waals surface area contributed by atoms with E-state index in [0.717, 1.165) is 0 Å². The van der Waals surface area contributed by atoms with Crippen molar-refractivity contribution >= 4 is 29.0 Å². The fourth-order valence-corrected chi connectivity index (χ4v) is 2.89. The van der Waals surface area contributed by atoms with Gasteiger partial charge in [0.1, 0.15) is 12.4 Å². The number of anilines is 2. The predicted octanol–water partition coefficient (Wildman–Crippen LogP) is 2.14. The zero-order valence-electron chi connectivity index (χ0n) is 15.6. The second-order valence-electron chi connectivity index (χ2n) is 6.51. The standard InChI is InChI=1S/C20H21FN4O3/c1-12(11-26)23-20(28)24-13-7-8-17-15(9-13)19(22-10-18(27)25(17)2)14-5-3-4-6-16(14)21/h3-9,12,26H,10-11H2,1-2H3,(H2,23,24,28). The lowest BCUT2D eigenvalue weighted by molar-refractivity contribution is -0.116. The van der Waals surface area contributed by atoms with Crippen molar-refractivity contribution in [3.8, 4) is 0 Å². The summed E-state index contributed by atoms with van der Waals surface area (Å²) in [5.41, 5.74) is 2.18. The van der Waals surface area contributed by atoms with E-state index in [2.05, 4.69) is 15.6 Å². The molecular weight excluding hydrogens is 363 g/mol. The first kappa shape index (κ1) is 19.5. The molecule has 8 heteroatoms. The molecule has 0 saturated heterocycles. The average Bonchev–Trinajstić information content (AvgIpc) is 2.79. The number of rotatable bonds is 4. The van der Waals surface area contributed by atoms with Gasteiger partial charge in [-0.1, -0.05) is 12.1 Å². The van der Waals surface area contributed by atoms with Crippen molar-refractivity contribution in [3.63, 3.8) is 0 Å². The molecule has 3 amide bonds. The fourth-order valence-electron chi connectivity index (χ4n) is 2.89. The highest BCUT2D eigenvalue weighted by molar-refractivity contribution is 6.20. The van der Waals surface area contributed by atoms with E-state index >= 15 is 0 Å². The smallest absolute Gasteiger partial charge is 0.319 e. The van der Waals surface area contributed by atoms with Crippen LogP contribution in [0.4, 0.5) is 20.6 Å². The van der Waals surface area contributed by atoms with Crippen molar-refractivity contribution in [1.82, 2.24) is 5.32 Å². The molecule has 7 nitrogen and oxygen atoms in total. The van der Waals surface area contributed by atoms with E-state index in [9.17, 15) is 14.0 Å². The molecule has 3 N–H and O–H groups in total. The van der Waals surface area contributed by atoms with Gasteiger partial charge in [0, 0.05) is 23.9 Å². The third kappa shape index (κ3) is 4.01. The highest BCUT2D eigenvalue weighted by Gasteiger charge is 2.24. The van der Waals surface area contributed by atoms with Gasteiger partial charge in [-0.3, -0.25) is 9.79 Å². The number of benzodiazepines with no additional fused rings is 1. The van der Waals surface area contributed by atoms with Crippen molar-refractivity contribution in [2.75, 3.05) is 30.4 Å². The zero-order chi connectivity index (χ0) is 20.3. The van der Waals surface area contributed by atoms with Crippen LogP contribution >= 0.6 is 0 Å². The Labute approximate surface area is 161 Å². The number of aliphatic imine (C=N–C) groups is 1. The number of urea groups is 1. The summed E-state index contributed by atoms with van der Waals surface area (Å²) < 4.78 is 14.4. The molecule has 0 aromatic heterocycles. The van der Waals surface area contributed by atoms with E-state index in [4.69, 9.17) is 5.11 Å². The summed E-state index contributed by atoms with van der Waals surface area (Å²) in [6.07, 6.45) is 0. The molecule has 0 saturated carbocycles. The van der Waals surface area contributed by atoms with E-state index in [1.807, 2.05) is 0 Å². The summed E-state index contributed by atoms with van der Waals surface area (Å²) in [5, 5.41) is 14.3. The normalized spacial score (nSPS) is 14.6. The average molecular weight is 384 g/mol. The number of nitrogens with zero attached hydrogens (tertiary/aromatic N) is 2. The maximum atomic E-state index is 14.4. The highest BCUT2D eigenvalue weighted by atomic mass is 19.1. The number of carbonyl (C=O) groups is 2. The minimum absolute atomic E-state index is 0.105. The molecule has 1 unspecified atom stereocenters. The molecule has 146 valence electrons. The predicted molar refractivity (Wildman–Crippen MR) is 105 cm³/mol. The number of fused-ring (bicyclic) bond motifs is 1. The molecule has 28 heavy (non-hydrogen) atoms. The van der Waals surface area contributed by atoms with Gasteiger partial charge in [0.25, 0.3) is 0 Å². The summed E-state index contributed by atoms with van der Waals surface area (Å²) in [5.74, 6) is -0.667. The first-order chi connectivity index (χ1) is 13.4. The topological polar surface area (TPSA) is 94.0 Å². The molecule has 0 bridgehead atoms. The van der Waals surface area contributed by atoms with Gasteiger partial charge in [-0.25, -0.2) is 9.18 Å². The Morgan fingerprint density at radius 2 is 2.04 bits per heavy atom. The summed E-state index contributed by atoms with van der Waals surface area (Å²) in [6, 6.07) is 10.3. The lowest BCUT2D eigenvalue weighted by atomic mass is 9.99. The molecule has 0 aliphatic carbocycles. The minimum atomic E-state index is -0.482. The third-order valence-corrected chi connectivity index (χ3v) is 4.40. The first-order valence-corrected chi connectivity index (χ1v) is 8.79. The number of aliphatic hydroxyl groups is 1. The maximum Gasteiger partial charge on any atom is 0.319 e. The van der Waals surface area contributed by atoms with Gasteiger partial charge in [0.15, 0.2) is 0 Å². The van der Waals surface area contributed by atoms with Gasteiger partial charge in [-0.2, -0.15) is 0 Å². The first-order valence-electron chi connectivity index (χ1n) is 8.79. The van der Waals surface area contributed by atoms with Crippen LogP contribution in [0.2, 0.25) is 0 Å². The number of aliphatic hydroxyl groups excluding tert-OH is 1. The number of likely N-dealkylation sites (N-methyl/N-ethyl adjacent to an activating group) is 1. The van der Waals surface area contributed by atoms with Crippen LogP contribution in [-0.4, -0.2) is 49.0 Å². The number of halogens is 1. The van der Waals surface area contributed by atoms with Gasteiger partial charge >= 0.3 is 6.03 Å². The Balaban J connectivity index is 2.02. The number of benzene rings is 2. The van der Waals surface area contributed by atoms with Crippen LogP contribution in [0, 0.1) is 5.82 Å². The van der Waals surface area contributed by atoms with E-state index in [1.54, 1.807) is 50.4 Å². The molecule has 1 atom stereocenters. The Bertz CT molecular complexity index is 945. The highest BCUT2D eigenvalue weighted by Crippen LogP contribution is 2.29. The fraction of sp³-hybridized carbons (Fsp3) is 0.250. The minimum Gasteiger partial charge on any atom is -0.394 e. The van der Waals surface area contributed by atoms with Crippen LogP contribution in [0.15, 0.2) is 47.5 Å². The SMILES string of the molecule is CC(CO)NC(=O)Nc1ccc2c(c1)C(c1ccccc1F)=NCC(=O)N2C. The molecule has 2 aromatic carbocycles. The molecule has 0 spiro atoms. The monoisotopic (exact) mass is 384 g/mol. The molecule has 1 aliphatic heterocycles. The van der Waals surface area contributed by atoms with Gasteiger partial charge in [-0.15, -0.1) is 0 Å². The summed E-state index contributed by atoms with van der Waals surface area (Å²) in [6.45, 7) is 1.38.